The number of carbonyl (C=O) groups excluding carboxylic acids is 1. The van der Waals surface area contributed by atoms with E-state index in [0.29, 0.717) is 41.2 Å². The van der Waals surface area contributed by atoms with Crippen molar-refractivity contribution in [3.63, 3.8) is 0 Å². The Bertz CT molecular complexity index is 789. The average Bonchev–Trinajstić information content (AvgIpc) is 2.62. The third kappa shape index (κ3) is 5.43. The van der Waals surface area contributed by atoms with Gasteiger partial charge in [-0.25, -0.2) is 0 Å². The first kappa shape index (κ1) is 19.7. The second kappa shape index (κ2) is 9.73. The van der Waals surface area contributed by atoms with Crippen LogP contribution in [0.4, 0.5) is 5.69 Å². The first-order valence-corrected chi connectivity index (χ1v) is 8.67. The highest BCUT2D eigenvalue weighted by molar-refractivity contribution is 6.32. The first-order valence-electron chi connectivity index (χ1n) is 8.29. The maximum atomic E-state index is 12.1. The van der Waals surface area contributed by atoms with Gasteiger partial charge in [0, 0.05) is 11.8 Å². The van der Waals surface area contributed by atoms with E-state index in [1.54, 1.807) is 24.3 Å². The first-order chi connectivity index (χ1) is 12.6. The number of ether oxygens (including phenoxy) is 3. The van der Waals surface area contributed by atoms with Crippen molar-refractivity contribution >= 4 is 29.3 Å². The maximum Gasteiger partial charge on any atom is 0.248 e. The Hall–Kier alpha value is -2.66. The molecule has 1 amide bonds. The van der Waals surface area contributed by atoms with Gasteiger partial charge in [0.2, 0.25) is 5.91 Å². The van der Waals surface area contributed by atoms with Crippen LogP contribution in [0, 0.1) is 0 Å². The van der Waals surface area contributed by atoms with Crippen molar-refractivity contribution in [2.24, 2.45) is 0 Å². The lowest BCUT2D eigenvalue weighted by molar-refractivity contribution is -0.111. The molecule has 1 N–H and O–H groups in total. The lowest BCUT2D eigenvalue weighted by Gasteiger charge is -2.11. The van der Waals surface area contributed by atoms with Crippen molar-refractivity contribution in [3.8, 4) is 17.2 Å². The number of anilines is 1. The van der Waals surface area contributed by atoms with E-state index in [0.717, 1.165) is 5.56 Å². The number of rotatable bonds is 8. The fourth-order valence-electron chi connectivity index (χ4n) is 2.27. The van der Waals surface area contributed by atoms with Gasteiger partial charge in [0.15, 0.2) is 11.5 Å². The SMILES string of the molecule is CCOc1ccc(/C=C/C(=O)Nc2ccc(OC)c(Cl)c2)cc1OCC. The molecule has 0 aliphatic heterocycles. The molecule has 138 valence electrons. The largest absolute Gasteiger partial charge is 0.495 e. The molecule has 0 spiro atoms. The van der Waals surface area contributed by atoms with Crippen LogP contribution in [0.2, 0.25) is 5.02 Å². The summed E-state index contributed by atoms with van der Waals surface area (Å²) in [5, 5.41) is 3.19. The molecule has 5 nitrogen and oxygen atoms in total. The quantitative estimate of drug-likeness (QED) is 0.673. The zero-order chi connectivity index (χ0) is 18.9. The predicted molar refractivity (Wildman–Crippen MR) is 104 cm³/mol. The zero-order valence-corrected chi connectivity index (χ0v) is 15.8. The third-order valence-corrected chi connectivity index (χ3v) is 3.71. The van der Waals surface area contributed by atoms with Gasteiger partial charge in [-0.15, -0.1) is 0 Å². The molecule has 0 bridgehead atoms. The Morgan fingerprint density at radius 1 is 1.04 bits per heavy atom. The zero-order valence-electron chi connectivity index (χ0n) is 15.0. The minimum Gasteiger partial charge on any atom is -0.495 e. The summed E-state index contributed by atoms with van der Waals surface area (Å²) < 4.78 is 16.2. The van der Waals surface area contributed by atoms with E-state index in [4.69, 9.17) is 25.8 Å². The van der Waals surface area contributed by atoms with Gasteiger partial charge in [0.1, 0.15) is 5.75 Å². The summed E-state index contributed by atoms with van der Waals surface area (Å²) in [6.45, 7) is 4.92. The van der Waals surface area contributed by atoms with Crippen LogP contribution in [0.25, 0.3) is 6.08 Å². The molecule has 0 heterocycles. The van der Waals surface area contributed by atoms with Crippen LogP contribution >= 0.6 is 11.6 Å². The number of methoxy groups -OCH3 is 1. The third-order valence-electron chi connectivity index (χ3n) is 3.41. The summed E-state index contributed by atoms with van der Waals surface area (Å²) in [5.74, 6) is 1.62. The fourth-order valence-corrected chi connectivity index (χ4v) is 2.53. The number of hydrogen-bond donors (Lipinski definition) is 1. The topological polar surface area (TPSA) is 56.8 Å². The van der Waals surface area contributed by atoms with Gasteiger partial charge in [-0.1, -0.05) is 17.7 Å². The molecular formula is C20H22ClNO4. The molecule has 0 fully saturated rings. The normalized spacial score (nSPS) is 10.6. The summed E-state index contributed by atoms with van der Waals surface area (Å²) >= 11 is 6.05. The molecule has 0 aromatic heterocycles. The monoisotopic (exact) mass is 375 g/mol. The Morgan fingerprint density at radius 3 is 2.38 bits per heavy atom. The molecule has 0 radical (unpaired) electrons. The van der Waals surface area contributed by atoms with Crippen LogP contribution < -0.4 is 19.5 Å². The maximum absolute atomic E-state index is 12.1. The molecule has 0 saturated heterocycles. The summed E-state index contributed by atoms with van der Waals surface area (Å²) in [6.07, 6.45) is 3.16. The van der Waals surface area contributed by atoms with Crippen molar-refractivity contribution in [1.29, 1.82) is 0 Å². The predicted octanol–water partition coefficient (Wildman–Crippen LogP) is 4.80. The summed E-state index contributed by atoms with van der Waals surface area (Å²) in [6, 6.07) is 10.6. The highest BCUT2D eigenvalue weighted by Crippen LogP contribution is 2.29. The van der Waals surface area contributed by atoms with E-state index in [1.807, 2.05) is 32.0 Å². The van der Waals surface area contributed by atoms with Crippen LogP contribution in [0.3, 0.4) is 0 Å². The molecule has 26 heavy (non-hydrogen) atoms. The summed E-state index contributed by atoms with van der Waals surface area (Å²) in [5.41, 5.74) is 1.42. The van der Waals surface area contributed by atoms with Crippen molar-refractivity contribution < 1.29 is 19.0 Å². The Labute approximate surface area is 158 Å². The van der Waals surface area contributed by atoms with Gasteiger partial charge in [-0.2, -0.15) is 0 Å². The van der Waals surface area contributed by atoms with E-state index in [1.165, 1.54) is 13.2 Å². The molecule has 6 heteroatoms. The Balaban J connectivity index is 2.07. The highest BCUT2D eigenvalue weighted by Gasteiger charge is 2.06. The van der Waals surface area contributed by atoms with Gasteiger partial charge in [0.25, 0.3) is 0 Å². The molecular weight excluding hydrogens is 354 g/mol. The van der Waals surface area contributed by atoms with Crippen molar-refractivity contribution in [2.75, 3.05) is 25.6 Å². The van der Waals surface area contributed by atoms with Crippen LogP contribution in [0.5, 0.6) is 17.2 Å². The number of amides is 1. The van der Waals surface area contributed by atoms with Crippen molar-refractivity contribution in [3.05, 3.63) is 53.1 Å². The lowest BCUT2D eigenvalue weighted by atomic mass is 10.2. The number of nitrogens with one attached hydrogen (secondary N) is 1. The minimum absolute atomic E-state index is 0.266. The summed E-state index contributed by atoms with van der Waals surface area (Å²) in [7, 11) is 1.54. The fraction of sp³-hybridized carbons (Fsp3) is 0.250. The van der Waals surface area contributed by atoms with Gasteiger partial charge < -0.3 is 19.5 Å². The lowest BCUT2D eigenvalue weighted by Crippen LogP contribution is -2.07. The Kier molecular flexibility index (Phi) is 7.36. The number of hydrogen-bond acceptors (Lipinski definition) is 4. The van der Waals surface area contributed by atoms with Crippen molar-refractivity contribution in [2.45, 2.75) is 13.8 Å². The van der Waals surface area contributed by atoms with E-state index in [-0.39, 0.29) is 5.91 Å². The van der Waals surface area contributed by atoms with E-state index in [9.17, 15) is 4.79 Å². The second-order valence-corrected chi connectivity index (χ2v) is 5.65. The average molecular weight is 376 g/mol. The van der Waals surface area contributed by atoms with Crippen LogP contribution in [-0.2, 0) is 4.79 Å². The van der Waals surface area contributed by atoms with Gasteiger partial charge in [-0.05, 0) is 55.8 Å². The number of halogens is 1. The van der Waals surface area contributed by atoms with E-state index in [2.05, 4.69) is 5.32 Å². The molecule has 2 aromatic rings. The molecule has 2 rings (SSSR count). The Morgan fingerprint density at radius 2 is 1.73 bits per heavy atom. The molecule has 2 aromatic carbocycles. The minimum atomic E-state index is -0.266. The second-order valence-electron chi connectivity index (χ2n) is 5.24. The molecule has 0 aliphatic rings. The molecule has 0 aliphatic carbocycles. The van der Waals surface area contributed by atoms with Gasteiger partial charge in [0.05, 0.1) is 25.3 Å². The number of carbonyl (C=O) groups is 1. The smallest absolute Gasteiger partial charge is 0.248 e. The standard InChI is InChI=1S/C20H22ClNO4/c1-4-25-18-9-6-14(12-19(18)26-5-2)7-11-20(23)22-15-8-10-17(24-3)16(21)13-15/h6-13H,4-5H2,1-3H3,(H,22,23)/b11-7+. The van der Waals surface area contributed by atoms with Gasteiger partial charge in [-0.3, -0.25) is 4.79 Å². The van der Waals surface area contributed by atoms with E-state index < -0.39 is 0 Å². The molecule has 0 saturated carbocycles. The van der Waals surface area contributed by atoms with E-state index >= 15 is 0 Å². The van der Waals surface area contributed by atoms with Gasteiger partial charge >= 0.3 is 0 Å². The van der Waals surface area contributed by atoms with Crippen molar-refractivity contribution in [1.82, 2.24) is 0 Å². The van der Waals surface area contributed by atoms with Crippen LogP contribution in [0.15, 0.2) is 42.5 Å². The summed E-state index contributed by atoms with van der Waals surface area (Å²) in [4.78, 5) is 12.1. The highest BCUT2D eigenvalue weighted by atomic mass is 35.5. The number of benzene rings is 2. The van der Waals surface area contributed by atoms with Crippen LogP contribution in [0.1, 0.15) is 19.4 Å². The van der Waals surface area contributed by atoms with Crippen LogP contribution in [-0.4, -0.2) is 26.2 Å². The molecule has 0 unspecified atom stereocenters. The molecule has 0 atom stereocenters.